The number of alkyl halides is 4. The molecule has 0 amide bonds. The Hall–Kier alpha value is -4.08. The highest BCUT2D eigenvalue weighted by atomic mass is 19.4. The van der Waals surface area contributed by atoms with Crippen molar-refractivity contribution in [2.24, 2.45) is 7.05 Å². The third-order valence-corrected chi connectivity index (χ3v) is 10.3. The van der Waals surface area contributed by atoms with Crippen molar-refractivity contribution in [1.29, 1.82) is 0 Å². The summed E-state index contributed by atoms with van der Waals surface area (Å²) in [4.78, 5) is 18.6. The van der Waals surface area contributed by atoms with Crippen LogP contribution in [0.2, 0.25) is 0 Å². The second-order valence-corrected chi connectivity index (χ2v) is 14.2. The molecule has 8 rings (SSSR count). The Kier molecular flexibility index (Phi) is 7.36. The van der Waals surface area contributed by atoms with E-state index in [0.29, 0.717) is 70.5 Å². The average molecular weight is 683 g/mol. The molecule has 2 N–H and O–H groups in total. The zero-order chi connectivity index (χ0) is 34.5. The fourth-order valence-electron chi connectivity index (χ4n) is 8.34. The lowest BCUT2D eigenvalue weighted by molar-refractivity contribution is -0.137. The van der Waals surface area contributed by atoms with Crippen LogP contribution in [0.4, 0.5) is 23.4 Å². The molecular weight excluding hydrogens is 644 g/mol. The third-order valence-electron chi connectivity index (χ3n) is 10.3. The first-order chi connectivity index (χ1) is 23.2. The molecule has 15 heteroatoms. The number of benzene rings is 1. The number of aromatic nitrogens is 6. The summed E-state index contributed by atoms with van der Waals surface area (Å²) in [6, 6.07) is 3.34. The summed E-state index contributed by atoms with van der Waals surface area (Å²) < 4.78 is 72.9. The summed E-state index contributed by atoms with van der Waals surface area (Å²) in [7, 11) is 1.74. The molecule has 11 nitrogen and oxygen atoms in total. The Morgan fingerprint density at radius 1 is 1.14 bits per heavy atom. The zero-order valence-electron chi connectivity index (χ0n) is 27.8. The van der Waals surface area contributed by atoms with Gasteiger partial charge in [0.2, 0.25) is 0 Å². The van der Waals surface area contributed by atoms with E-state index in [1.54, 1.807) is 25.5 Å². The van der Waals surface area contributed by atoms with Crippen LogP contribution in [0.3, 0.4) is 0 Å². The van der Waals surface area contributed by atoms with Gasteiger partial charge >= 0.3 is 12.2 Å². The van der Waals surface area contributed by atoms with Crippen molar-refractivity contribution in [3.63, 3.8) is 0 Å². The standard InChI is InChI=1S/C34H38F4N8O3/c1-18-10-23-22(13-39-43-23)24(26(18)34(36,37)38)27-28-21(11-19(2)40-27)25-29(44(28)4)41-31(42-30(25)45-8-9-48-16-32(3,47)15-45)49-17-33-6-5-7-46(33)14-20(35)12-33/h10-11,13,20,47H,5-9,12,14-17H2,1-4H3,(H,39,43)/t20-,32+,33+/m1/s1. The van der Waals surface area contributed by atoms with Gasteiger partial charge < -0.3 is 24.0 Å². The van der Waals surface area contributed by atoms with Gasteiger partial charge in [-0.2, -0.15) is 28.2 Å². The molecule has 3 aliphatic heterocycles. The van der Waals surface area contributed by atoms with Crippen molar-refractivity contribution in [3.8, 4) is 17.3 Å². The second kappa shape index (κ2) is 11.2. The second-order valence-electron chi connectivity index (χ2n) is 14.2. The summed E-state index contributed by atoms with van der Waals surface area (Å²) in [5, 5.41) is 19.5. The van der Waals surface area contributed by atoms with Crippen LogP contribution in [0.5, 0.6) is 6.01 Å². The van der Waals surface area contributed by atoms with Crippen LogP contribution in [-0.4, -0.2) is 103 Å². The number of hydrogen-bond acceptors (Lipinski definition) is 9. The average Bonchev–Trinajstić information content (AvgIpc) is 3.75. The predicted molar refractivity (Wildman–Crippen MR) is 176 cm³/mol. The Bertz CT molecular complexity index is 2110. The van der Waals surface area contributed by atoms with Crippen molar-refractivity contribution >= 4 is 38.7 Å². The molecule has 0 aliphatic carbocycles. The van der Waals surface area contributed by atoms with Crippen LogP contribution >= 0.6 is 0 Å². The molecule has 5 aromatic rings. The molecular formula is C34H38F4N8O3. The fraction of sp³-hybridized carbons (Fsp3) is 0.529. The van der Waals surface area contributed by atoms with Gasteiger partial charge in [-0.25, -0.2) is 4.39 Å². The lowest BCUT2D eigenvalue weighted by atomic mass is 9.93. The summed E-state index contributed by atoms with van der Waals surface area (Å²) in [6.45, 7) is 7.25. The molecule has 3 aliphatic rings. The molecule has 49 heavy (non-hydrogen) atoms. The first kappa shape index (κ1) is 32.1. The van der Waals surface area contributed by atoms with E-state index in [1.807, 2.05) is 11.0 Å². The van der Waals surface area contributed by atoms with Gasteiger partial charge in [0.05, 0.1) is 59.2 Å². The van der Waals surface area contributed by atoms with Crippen molar-refractivity contribution in [1.82, 2.24) is 34.6 Å². The first-order valence-corrected chi connectivity index (χ1v) is 16.5. The largest absolute Gasteiger partial charge is 0.461 e. The maximum absolute atomic E-state index is 14.9. The number of hydrogen-bond donors (Lipinski definition) is 2. The number of ether oxygens (including phenoxy) is 2. The number of aromatic amines is 1. The molecule has 1 aromatic carbocycles. The highest BCUT2D eigenvalue weighted by Gasteiger charge is 2.49. The minimum absolute atomic E-state index is 0.0419. The summed E-state index contributed by atoms with van der Waals surface area (Å²) >= 11 is 0. The van der Waals surface area contributed by atoms with Gasteiger partial charge in [0.15, 0.2) is 0 Å². The lowest BCUT2D eigenvalue weighted by Crippen LogP contribution is -2.44. The highest BCUT2D eigenvalue weighted by molar-refractivity contribution is 6.17. The smallest absolute Gasteiger partial charge is 0.417 e. The van der Waals surface area contributed by atoms with Crippen LogP contribution in [0, 0.1) is 13.8 Å². The van der Waals surface area contributed by atoms with Crippen LogP contribution in [0.1, 0.15) is 43.0 Å². The molecule has 3 fully saturated rings. The number of fused-ring (bicyclic) bond motifs is 5. The minimum atomic E-state index is -4.68. The van der Waals surface area contributed by atoms with Crippen molar-refractivity contribution < 1.29 is 32.1 Å². The first-order valence-electron chi connectivity index (χ1n) is 16.5. The Labute approximate surface area is 279 Å². The number of β-amino-alcohol motifs (C(OH)–C–C–N with tert-alkyl or cyclic N) is 1. The summed E-state index contributed by atoms with van der Waals surface area (Å²) in [5.41, 5.74) is -0.516. The van der Waals surface area contributed by atoms with Gasteiger partial charge in [-0.3, -0.25) is 15.0 Å². The normalized spacial score (nSPS) is 25.2. The van der Waals surface area contributed by atoms with E-state index in [2.05, 4.69) is 15.1 Å². The summed E-state index contributed by atoms with van der Waals surface area (Å²) in [6.07, 6.45) is -2.09. The maximum Gasteiger partial charge on any atom is 0.417 e. The van der Waals surface area contributed by atoms with E-state index in [-0.39, 0.29) is 42.6 Å². The summed E-state index contributed by atoms with van der Waals surface area (Å²) in [5.74, 6) is 0.456. The molecule has 260 valence electrons. The van der Waals surface area contributed by atoms with Gasteiger partial charge in [-0.1, -0.05) is 0 Å². The number of H-pyrrole nitrogens is 1. The van der Waals surface area contributed by atoms with E-state index in [0.717, 1.165) is 19.4 Å². The van der Waals surface area contributed by atoms with Crippen LogP contribution < -0.4 is 9.64 Å². The quantitative estimate of drug-likeness (QED) is 0.240. The molecule has 0 saturated carbocycles. The van der Waals surface area contributed by atoms with E-state index < -0.39 is 29.1 Å². The number of halogens is 4. The number of anilines is 1. The number of nitrogens with one attached hydrogen (secondary N) is 1. The molecule has 3 saturated heterocycles. The van der Waals surface area contributed by atoms with Gasteiger partial charge in [0, 0.05) is 48.6 Å². The number of nitrogens with zero attached hydrogens (tertiary/aromatic N) is 7. The van der Waals surface area contributed by atoms with E-state index in [4.69, 9.17) is 24.4 Å². The van der Waals surface area contributed by atoms with Crippen LogP contribution in [0.15, 0.2) is 18.3 Å². The molecule has 7 heterocycles. The van der Waals surface area contributed by atoms with Gasteiger partial charge in [0.25, 0.3) is 0 Å². The topological polar surface area (TPSA) is 117 Å². The van der Waals surface area contributed by atoms with E-state index >= 15 is 0 Å². The number of aryl methyl sites for hydroxylation is 3. The van der Waals surface area contributed by atoms with Crippen molar-refractivity contribution in [2.45, 2.75) is 63.5 Å². The Morgan fingerprint density at radius 2 is 1.96 bits per heavy atom. The number of rotatable bonds is 5. The monoisotopic (exact) mass is 682 g/mol. The Balaban J connectivity index is 1.38. The van der Waals surface area contributed by atoms with Crippen molar-refractivity contribution in [3.05, 3.63) is 35.2 Å². The molecule has 0 spiro atoms. The molecule has 3 atom stereocenters. The number of aliphatic hydroxyl groups is 1. The molecule has 4 aromatic heterocycles. The molecule has 0 unspecified atom stereocenters. The molecule has 0 radical (unpaired) electrons. The highest BCUT2D eigenvalue weighted by Crippen LogP contribution is 2.47. The molecule has 0 bridgehead atoms. The van der Waals surface area contributed by atoms with Crippen LogP contribution in [-0.2, 0) is 18.0 Å². The third kappa shape index (κ3) is 5.28. The van der Waals surface area contributed by atoms with Gasteiger partial charge in [-0.05, 0) is 57.9 Å². The SMILES string of the molecule is Cc1cc2c3c(N4CCOC[C@@](C)(O)C4)nc(OC[C@@]45CCCN4C[C@H](F)C5)nc3n(C)c2c(-c2c(C(F)(F)F)c(C)cc3[nH]ncc23)n1. The van der Waals surface area contributed by atoms with Crippen molar-refractivity contribution in [2.75, 3.05) is 50.9 Å². The lowest BCUT2D eigenvalue weighted by Gasteiger charge is -2.31. The zero-order valence-corrected chi connectivity index (χ0v) is 27.8. The van der Waals surface area contributed by atoms with Crippen LogP contribution in [0.25, 0.3) is 44.1 Å². The minimum Gasteiger partial charge on any atom is -0.461 e. The van der Waals surface area contributed by atoms with Gasteiger partial charge in [-0.15, -0.1) is 0 Å². The van der Waals surface area contributed by atoms with E-state index in [1.165, 1.54) is 19.2 Å². The van der Waals surface area contributed by atoms with Gasteiger partial charge in [0.1, 0.15) is 29.8 Å². The van der Waals surface area contributed by atoms with E-state index in [9.17, 15) is 22.7 Å². The Morgan fingerprint density at radius 3 is 2.76 bits per heavy atom. The maximum atomic E-state index is 14.9. The number of pyridine rings is 1. The fourth-order valence-corrected chi connectivity index (χ4v) is 8.34. The predicted octanol–water partition coefficient (Wildman–Crippen LogP) is 5.24.